The van der Waals surface area contributed by atoms with Crippen molar-refractivity contribution < 1.29 is 0 Å². The lowest BCUT2D eigenvalue weighted by atomic mass is 10.1. The van der Waals surface area contributed by atoms with Gasteiger partial charge in [-0.05, 0) is 32.9 Å². The molecule has 0 radical (unpaired) electrons. The average Bonchev–Trinajstić information content (AvgIpc) is 2.64. The number of hydrogen-bond acceptors (Lipinski definition) is 2. The minimum Gasteiger partial charge on any atom is -0.316 e. The Kier molecular flexibility index (Phi) is 5.44. The molecule has 2 rings (SSSR count). The van der Waals surface area contributed by atoms with Crippen molar-refractivity contribution in [3.8, 4) is 0 Å². The molecule has 2 nitrogen and oxygen atoms in total. The molecule has 96 valence electrons. The lowest BCUT2D eigenvalue weighted by molar-refractivity contribution is 0.322. The summed E-state index contributed by atoms with van der Waals surface area (Å²) in [6.07, 6.45) is 1.28. The number of rotatable bonds is 3. The Morgan fingerprint density at radius 1 is 1.24 bits per heavy atom. The first-order chi connectivity index (χ1) is 7.67. The van der Waals surface area contributed by atoms with Gasteiger partial charge in [-0.3, -0.25) is 4.90 Å². The highest BCUT2D eigenvalue weighted by Crippen LogP contribution is 2.15. The quantitative estimate of drug-likeness (QED) is 0.892. The fourth-order valence-electron chi connectivity index (χ4n) is 2.63. The van der Waals surface area contributed by atoms with Crippen LogP contribution in [0.4, 0.5) is 0 Å². The Labute approximate surface area is 111 Å². The molecule has 1 fully saturated rings. The standard InChI is InChI=1S/C14H22N2.ClH/c1-11-6-12(2)8-13(7-11)9-16-5-4-14(10-16)15-3;/h6-8,14-15H,4-5,9-10H2,1-3H3;1H. The zero-order valence-electron chi connectivity index (χ0n) is 11.0. The molecular weight excluding hydrogens is 232 g/mol. The smallest absolute Gasteiger partial charge is 0.0234 e. The summed E-state index contributed by atoms with van der Waals surface area (Å²) in [5.74, 6) is 0. The Morgan fingerprint density at radius 3 is 2.41 bits per heavy atom. The fraction of sp³-hybridized carbons (Fsp3) is 0.571. The number of halogens is 1. The third kappa shape index (κ3) is 3.98. The zero-order valence-corrected chi connectivity index (χ0v) is 11.8. The van der Waals surface area contributed by atoms with Crippen LogP contribution in [0.2, 0.25) is 0 Å². The Bertz CT molecular complexity index is 345. The fourth-order valence-corrected chi connectivity index (χ4v) is 2.63. The van der Waals surface area contributed by atoms with Crippen LogP contribution in [0.3, 0.4) is 0 Å². The van der Waals surface area contributed by atoms with Gasteiger partial charge in [0.15, 0.2) is 0 Å². The first-order valence-electron chi connectivity index (χ1n) is 6.14. The molecule has 1 aromatic rings. The highest BCUT2D eigenvalue weighted by molar-refractivity contribution is 5.85. The van der Waals surface area contributed by atoms with Crippen molar-refractivity contribution in [2.24, 2.45) is 0 Å². The summed E-state index contributed by atoms with van der Waals surface area (Å²) in [6, 6.07) is 7.54. The SMILES string of the molecule is CNC1CCN(Cc2cc(C)cc(C)c2)C1.Cl. The van der Waals surface area contributed by atoms with Gasteiger partial charge in [0.1, 0.15) is 0 Å². The average molecular weight is 255 g/mol. The van der Waals surface area contributed by atoms with Crippen LogP contribution in [0, 0.1) is 13.8 Å². The van der Waals surface area contributed by atoms with E-state index in [0.717, 1.165) is 6.54 Å². The third-order valence-corrected chi connectivity index (χ3v) is 3.37. The predicted octanol–water partition coefficient (Wildman–Crippen LogP) is 2.52. The highest BCUT2D eigenvalue weighted by atomic mass is 35.5. The summed E-state index contributed by atoms with van der Waals surface area (Å²) >= 11 is 0. The van der Waals surface area contributed by atoms with E-state index in [4.69, 9.17) is 0 Å². The van der Waals surface area contributed by atoms with Gasteiger partial charge in [0, 0.05) is 25.7 Å². The van der Waals surface area contributed by atoms with Gasteiger partial charge in [-0.25, -0.2) is 0 Å². The van der Waals surface area contributed by atoms with E-state index in [-0.39, 0.29) is 12.4 Å². The molecule has 0 saturated carbocycles. The molecule has 1 N–H and O–H groups in total. The van der Waals surface area contributed by atoms with Crippen LogP contribution < -0.4 is 5.32 Å². The van der Waals surface area contributed by atoms with Crippen molar-refractivity contribution >= 4 is 12.4 Å². The number of likely N-dealkylation sites (tertiary alicyclic amines) is 1. The van der Waals surface area contributed by atoms with Gasteiger partial charge in [-0.2, -0.15) is 0 Å². The molecule has 17 heavy (non-hydrogen) atoms. The molecular formula is C14H23ClN2. The number of nitrogens with one attached hydrogen (secondary N) is 1. The van der Waals surface area contributed by atoms with Gasteiger partial charge in [0.25, 0.3) is 0 Å². The molecule has 0 amide bonds. The maximum Gasteiger partial charge on any atom is 0.0234 e. The monoisotopic (exact) mass is 254 g/mol. The van der Waals surface area contributed by atoms with Gasteiger partial charge < -0.3 is 5.32 Å². The molecule has 0 aromatic heterocycles. The summed E-state index contributed by atoms with van der Waals surface area (Å²) in [7, 11) is 2.06. The van der Waals surface area contributed by atoms with Crippen molar-refractivity contribution in [3.05, 3.63) is 34.9 Å². The number of benzene rings is 1. The van der Waals surface area contributed by atoms with Gasteiger partial charge in [0.05, 0.1) is 0 Å². The molecule has 1 atom stereocenters. The van der Waals surface area contributed by atoms with E-state index in [0.29, 0.717) is 6.04 Å². The van der Waals surface area contributed by atoms with Crippen LogP contribution in [0.15, 0.2) is 18.2 Å². The van der Waals surface area contributed by atoms with Crippen LogP contribution >= 0.6 is 12.4 Å². The van der Waals surface area contributed by atoms with Crippen LogP contribution in [-0.2, 0) is 6.54 Å². The normalized spacial score (nSPS) is 20.3. The molecule has 1 aromatic carbocycles. The van der Waals surface area contributed by atoms with E-state index >= 15 is 0 Å². The lowest BCUT2D eigenvalue weighted by Gasteiger charge is -2.16. The molecule has 1 aliphatic rings. The van der Waals surface area contributed by atoms with E-state index in [1.807, 2.05) is 0 Å². The van der Waals surface area contributed by atoms with E-state index in [1.54, 1.807) is 0 Å². The first-order valence-corrected chi connectivity index (χ1v) is 6.14. The molecule has 1 heterocycles. The van der Waals surface area contributed by atoms with Gasteiger partial charge in [-0.15, -0.1) is 12.4 Å². The molecule has 0 spiro atoms. The van der Waals surface area contributed by atoms with Gasteiger partial charge in [0.2, 0.25) is 0 Å². The molecule has 0 bridgehead atoms. The zero-order chi connectivity index (χ0) is 11.5. The number of aryl methyl sites for hydroxylation is 2. The van der Waals surface area contributed by atoms with E-state index in [1.165, 1.54) is 36.2 Å². The van der Waals surface area contributed by atoms with Crippen LogP contribution in [0.1, 0.15) is 23.1 Å². The molecule has 1 unspecified atom stereocenters. The second-order valence-corrected chi connectivity index (χ2v) is 5.01. The molecule has 1 aliphatic heterocycles. The summed E-state index contributed by atoms with van der Waals surface area (Å²) in [6.45, 7) is 7.86. The number of hydrogen-bond donors (Lipinski definition) is 1. The maximum atomic E-state index is 3.36. The van der Waals surface area contributed by atoms with Crippen molar-refractivity contribution in [3.63, 3.8) is 0 Å². The van der Waals surface area contributed by atoms with Gasteiger partial charge in [-0.1, -0.05) is 29.3 Å². The van der Waals surface area contributed by atoms with E-state index in [2.05, 4.69) is 49.3 Å². The Balaban J connectivity index is 0.00000144. The maximum absolute atomic E-state index is 3.36. The predicted molar refractivity (Wildman–Crippen MR) is 75.9 cm³/mol. The number of nitrogens with zero attached hydrogens (tertiary/aromatic N) is 1. The van der Waals surface area contributed by atoms with Crippen LogP contribution in [0.5, 0.6) is 0 Å². The van der Waals surface area contributed by atoms with E-state index < -0.39 is 0 Å². The molecule has 0 aliphatic carbocycles. The van der Waals surface area contributed by atoms with Crippen molar-refractivity contribution in [2.45, 2.75) is 32.9 Å². The summed E-state index contributed by atoms with van der Waals surface area (Å²) in [5.41, 5.74) is 4.20. The second-order valence-electron chi connectivity index (χ2n) is 5.01. The largest absolute Gasteiger partial charge is 0.316 e. The van der Waals surface area contributed by atoms with Crippen molar-refractivity contribution in [1.29, 1.82) is 0 Å². The molecule has 3 heteroatoms. The Morgan fingerprint density at radius 2 is 1.88 bits per heavy atom. The van der Waals surface area contributed by atoms with Crippen molar-refractivity contribution in [2.75, 3.05) is 20.1 Å². The van der Waals surface area contributed by atoms with Gasteiger partial charge >= 0.3 is 0 Å². The second kappa shape index (κ2) is 6.39. The van der Waals surface area contributed by atoms with Crippen LogP contribution in [-0.4, -0.2) is 31.1 Å². The topological polar surface area (TPSA) is 15.3 Å². The minimum absolute atomic E-state index is 0. The molecule has 1 saturated heterocycles. The lowest BCUT2D eigenvalue weighted by Crippen LogP contribution is -2.29. The summed E-state index contributed by atoms with van der Waals surface area (Å²) in [5, 5.41) is 3.36. The minimum atomic E-state index is 0. The number of likely N-dealkylation sites (N-methyl/N-ethyl adjacent to an activating group) is 1. The summed E-state index contributed by atoms with van der Waals surface area (Å²) in [4.78, 5) is 2.54. The Hall–Kier alpha value is -0.570. The highest BCUT2D eigenvalue weighted by Gasteiger charge is 2.20. The first kappa shape index (κ1) is 14.5. The van der Waals surface area contributed by atoms with Crippen molar-refractivity contribution in [1.82, 2.24) is 10.2 Å². The third-order valence-electron chi connectivity index (χ3n) is 3.37. The van der Waals surface area contributed by atoms with E-state index in [9.17, 15) is 0 Å². The van der Waals surface area contributed by atoms with Crippen LogP contribution in [0.25, 0.3) is 0 Å². The summed E-state index contributed by atoms with van der Waals surface area (Å²) < 4.78 is 0.